The molecule has 1 aromatic rings. The van der Waals surface area contributed by atoms with Gasteiger partial charge in [-0.25, -0.2) is 0 Å². The van der Waals surface area contributed by atoms with Gasteiger partial charge in [0, 0.05) is 28.8 Å². The molecule has 1 aliphatic carbocycles. The van der Waals surface area contributed by atoms with Crippen LogP contribution >= 0.6 is 11.3 Å². The Balaban J connectivity index is 1.80. The normalized spacial score (nSPS) is 30.4. The molecular formula is C15H23NS. The molecule has 0 aromatic carbocycles. The van der Waals surface area contributed by atoms with Gasteiger partial charge in [-0.2, -0.15) is 0 Å². The molecule has 1 saturated heterocycles. The molecule has 2 aliphatic rings. The Morgan fingerprint density at radius 1 is 1.18 bits per heavy atom. The van der Waals surface area contributed by atoms with Gasteiger partial charge in [0.05, 0.1) is 0 Å². The summed E-state index contributed by atoms with van der Waals surface area (Å²) in [5.74, 6) is 3.37. The van der Waals surface area contributed by atoms with E-state index < -0.39 is 0 Å². The molecule has 2 heteroatoms. The molecule has 94 valence electrons. The minimum atomic E-state index is 0.789. The van der Waals surface area contributed by atoms with E-state index in [1.165, 1.54) is 25.9 Å². The van der Waals surface area contributed by atoms with E-state index in [9.17, 15) is 0 Å². The molecule has 2 heterocycles. The van der Waals surface area contributed by atoms with Gasteiger partial charge in [0.15, 0.2) is 0 Å². The Bertz CT molecular complexity index is 391. The maximum atomic E-state index is 2.51. The lowest BCUT2D eigenvalue weighted by atomic mass is 9.85. The Hall–Kier alpha value is -0.340. The third kappa shape index (κ3) is 2.30. The van der Waals surface area contributed by atoms with Crippen LogP contribution in [0.25, 0.3) is 0 Å². The minimum Gasteiger partial charge on any atom is -0.305 e. The zero-order valence-electron chi connectivity index (χ0n) is 11.1. The van der Waals surface area contributed by atoms with Gasteiger partial charge in [-0.15, -0.1) is 11.3 Å². The fourth-order valence-corrected chi connectivity index (χ4v) is 4.51. The van der Waals surface area contributed by atoms with Crippen LogP contribution in [0.5, 0.6) is 0 Å². The van der Waals surface area contributed by atoms with Gasteiger partial charge in [0.2, 0.25) is 0 Å². The largest absolute Gasteiger partial charge is 0.305 e. The average molecular weight is 249 g/mol. The van der Waals surface area contributed by atoms with Crippen molar-refractivity contribution in [2.45, 2.75) is 38.5 Å². The first-order valence-corrected chi connectivity index (χ1v) is 7.75. The van der Waals surface area contributed by atoms with Crippen molar-refractivity contribution in [1.29, 1.82) is 0 Å². The number of likely N-dealkylation sites (N-methyl/N-ethyl adjacent to an activating group) is 1. The number of rotatable bonds is 3. The molecule has 2 atom stereocenters. The molecule has 1 aromatic heterocycles. The molecule has 0 bridgehead atoms. The van der Waals surface area contributed by atoms with Gasteiger partial charge >= 0.3 is 0 Å². The minimum absolute atomic E-state index is 0.789. The van der Waals surface area contributed by atoms with Crippen LogP contribution in [0.15, 0.2) is 12.1 Å². The highest BCUT2D eigenvalue weighted by Crippen LogP contribution is 2.46. The van der Waals surface area contributed by atoms with Crippen LogP contribution in [-0.4, -0.2) is 25.0 Å². The third-order valence-corrected chi connectivity index (χ3v) is 5.78. The summed E-state index contributed by atoms with van der Waals surface area (Å²) in [6.45, 7) is 7.30. The topological polar surface area (TPSA) is 3.24 Å². The molecule has 0 amide bonds. The molecule has 0 spiro atoms. The first-order chi connectivity index (χ1) is 8.15. The summed E-state index contributed by atoms with van der Waals surface area (Å²) in [6.07, 6.45) is 2.86. The van der Waals surface area contributed by atoms with Gasteiger partial charge in [-0.1, -0.05) is 13.8 Å². The molecule has 1 aliphatic heterocycles. The van der Waals surface area contributed by atoms with E-state index in [1.807, 2.05) is 0 Å². The third-order valence-electron chi connectivity index (χ3n) is 4.40. The molecule has 2 fully saturated rings. The maximum Gasteiger partial charge on any atom is 0.0103 e. The van der Waals surface area contributed by atoms with Gasteiger partial charge in [-0.3, -0.25) is 0 Å². The van der Waals surface area contributed by atoms with Crippen molar-refractivity contribution in [2.75, 3.05) is 20.1 Å². The van der Waals surface area contributed by atoms with Crippen molar-refractivity contribution >= 4 is 11.3 Å². The van der Waals surface area contributed by atoms with Crippen LogP contribution in [0.3, 0.4) is 0 Å². The fraction of sp³-hybridized carbons (Fsp3) is 0.733. The molecular weight excluding hydrogens is 226 g/mol. The Morgan fingerprint density at radius 3 is 2.53 bits per heavy atom. The lowest BCUT2D eigenvalue weighted by molar-refractivity contribution is 0.345. The summed E-state index contributed by atoms with van der Waals surface area (Å²) in [5, 5.41) is 0. The van der Waals surface area contributed by atoms with Crippen molar-refractivity contribution in [3.63, 3.8) is 0 Å². The highest BCUT2D eigenvalue weighted by atomic mass is 32.1. The van der Waals surface area contributed by atoms with Crippen molar-refractivity contribution in [3.05, 3.63) is 21.9 Å². The van der Waals surface area contributed by atoms with Crippen LogP contribution in [0.4, 0.5) is 0 Å². The van der Waals surface area contributed by atoms with E-state index in [0.717, 1.165) is 23.7 Å². The lowest BCUT2D eigenvalue weighted by Gasteiger charge is -2.20. The van der Waals surface area contributed by atoms with Crippen LogP contribution < -0.4 is 0 Å². The van der Waals surface area contributed by atoms with Crippen LogP contribution in [0, 0.1) is 11.8 Å². The second-order valence-electron chi connectivity index (χ2n) is 6.25. The molecule has 1 saturated carbocycles. The fourth-order valence-electron chi connectivity index (χ4n) is 3.16. The van der Waals surface area contributed by atoms with Crippen LogP contribution in [0.2, 0.25) is 0 Å². The summed E-state index contributed by atoms with van der Waals surface area (Å²) in [7, 11) is 2.27. The van der Waals surface area contributed by atoms with E-state index >= 15 is 0 Å². The Kier molecular flexibility index (Phi) is 3.04. The Labute approximate surface area is 109 Å². The average Bonchev–Trinajstić information content (AvgIpc) is 2.88. The van der Waals surface area contributed by atoms with E-state index in [1.54, 1.807) is 9.75 Å². The molecule has 1 nitrogen and oxygen atoms in total. The Morgan fingerprint density at radius 2 is 1.88 bits per heavy atom. The highest BCUT2D eigenvalue weighted by molar-refractivity contribution is 7.12. The van der Waals surface area contributed by atoms with E-state index in [2.05, 4.69) is 49.3 Å². The van der Waals surface area contributed by atoms with Crippen molar-refractivity contribution in [3.8, 4) is 0 Å². The smallest absolute Gasteiger partial charge is 0.0103 e. The van der Waals surface area contributed by atoms with Gasteiger partial charge < -0.3 is 4.90 Å². The monoisotopic (exact) mass is 249 g/mol. The van der Waals surface area contributed by atoms with Crippen LogP contribution in [-0.2, 0) is 0 Å². The predicted molar refractivity (Wildman–Crippen MR) is 74.9 cm³/mol. The number of nitrogens with zero attached hydrogens (tertiary/aromatic N) is 1. The quantitative estimate of drug-likeness (QED) is 0.784. The van der Waals surface area contributed by atoms with E-state index in [-0.39, 0.29) is 0 Å². The summed E-state index contributed by atoms with van der Waals surface area (Å²) in [4.78, 5) is 5.80. The zero-order chi connectivity index (χ0) is 12.0. The summed E-state index contributed by atoms with van der Waals surface area (Å²) >= 11 is 2.10. The zero-order valence-corrected chi connectivity index (χ0v) is 12.0. The van der Waals surface area contributed by atoms with Gasteiger partial charge in [0.25, 0.3) is 0 Å². The predicted octanol–water partition coefficient (Wildman–Crippen LogP) is 3.93. The molecule has 0 N–H and O–H groups in total. The summed E-state index contributed by atoms with van der Waals surface area (Å²) < 4.78 is 0. The van der Waals surface area contributed by atoms with E-state index in [0.29, 0.717) is 0 Å². The summed E-state index contributed by atoms with van der Waals surface area (Å²) in [5.41, 5.74) is 0. The molecule has 3 rings (SSSR count). The van der Waals surface area contributed by atoms with Crippen molar-refractivity contribution in [2.24, 2.45) is 11.8 Å². The van der Waals surface area contributed by atoms with Crippen molar-refractivity contribution in [1.82, 2.24) is 4.90 Å². The first-order valence-electron chi connectivity index (χ1n) is 6.93. The molecule has 0 radical (unpaired) electrons. The van der Waals surface area contributed by atoms with Gasteiger partial charge in [0.1, 0.15) is 0 Å². The van der Waals surface area contributed by atoms with Crippen molar-refractivity contribution < 1.29 is 0 Å². The van der Waals surface area contributed by atoms with Gasteiger partial charge in [-0.05, 0) is 49.8 Å². The maximum absolute atomic E-state index is 2.51. The second kappa shape index (κ2) is 4.40. The number of likely N-dealkylation sites (tertiary alicyclic amines) is 1. The summed E-state index contributed by atoms with van der Waals surface area (Å²) in [6, 6.07) is 4.81. The van der Waals surface area contributed by atoms with E-state index in [4.69, 9.17) is 0 Å². The highest BCUT2D eigenvalue weighted by Gasteiger charge is 2.35. The lowest BCUT2D eigenvalue weighted by Crippen LogP contribution is -2.17. The second-order valence-corrected chi connectivity index (χ2v) is 7.40. The number of thiophene rings is 1. The number of hydrogen-bond acceptors (Lipinski definition) is 2. The number of hydrogen-bond donors (Lipinski definition) is 0. The first kappa shape index (κ1) is 11.7. The molecule has 2 unspecified atom stereocenters. The molecule has 17 heavy (non-hydrogen) atoms. The van der Waals surface area contributed by atoms with Crippen LogP contribution in [0.1, 0.15) is 48.3 Å². The SMILES string of the molecule is CC(C)C1CN(C)CC1c1ccc(C2CC2)s1. The standard InChI is InChI=1S/C15H23NS/c1-10(2)12-8-16(3)9-13(12)15-7-6-14(17-15)11-4-5-11/h6-7,10-13H,4-5,8-9H2,1-3H3.